The molecule has 0 bridgehead atoms. The molecule has 0 aromatic carbocycles. The minimum atomic E-state index is -0.664. The van der Waals surface area contributed by atoms with E-state index in [1.807, 2.05) is 0 Å². The summed E-state index contributed by atoms with van der Waals surface area (Å²) in [6.45, 7) is 4.90. The Bertz CT molecular complexity index is 1060. The smallest absolute Gasteiger partial charge is 0.305 e. The molecule has 0 saturated heterocycles. The number of allylic oxidation sites excluding steroid dienone is 6. The Morgan fingerprint density at radius 2 is 0.769 bits per heavy atom. The first kappa shape index (κ1) is 63.1. The number of esters is 1. The summed E-state index contributed by atoms with van der Waals surface area (Å²) in [7, 11) is 0. The third-order valence-electron chi connectivity index (χ3n) is 13.2. The molecule has 0 aliphatic heterocycles. The van der Waals surface area contributed by atoms with Gasteiger partial charge in [-0.15, -0.1) is 0 Å². The van der Waals surface area contributed by atoms with Gasteiger partial charge >= 0.3 is 5.97 Å². The highest BCUT2D eigenvalue weighted by Gasteiger charge is 2.20. The fourth-order valence-corrected chi connectivity index (χ4v) is 8.72. The van der Waals surface area contributed by atoms with Crippen molar-refractivity contribution >= 4 is 11.9 Å². The average molecular weight is 915 g/mol. The maximum atomic E-state index is 12.4. The standard InChI is InChI=1S/C59H111NO5/c1-3-5-7-9-11-13-14-33-37-41-45-49-53-59(64)65-54-50-46-42-38-34-31-29-27-25-23-21-19-17-15-16-18-20-22-24-26-28-30-32-36-40-44-48-52-58(63)60-56(55-61)57(62)51-47-43-39-35-12-10-8-6-4-2/h11,13,15-16,19,21,56-57,61-62H,3-10,12,14,17-18,20,22-55H2,1-2H3,(H,60,63)/b13-11-,16-15-,21-19-. The molecule has 0 spiro atoms. The Balaban J connectivity index is 3.40. The van der Waals surface area contributed by atoms with Gasteiger partial charge in [0.25, 0.3) is 0 Å². The fraction of sp³-hybridized carbons (Fsp3) is 0.864. The number of ether oxygens (including phenoxy) is 1. The van der Waals surface area contributed by atoms with Crippen molar-refractivity contribution in [1.29, 1.82) is 0 Å². The second kappa shape index (κ2) is 54.7. The first-order valence-electron chi connectivity index (χ1n) is 28.7. The van der Waals surface area contributed by atoms with E-state index < -0.39 is 12.1 Å². The van der Waals surface area contributed by atoms with Crippen LogP contribution in [0.1, 0.15) is 303 Å². The Kier molecular flexibility index (Phi) is 53.1. The van der Waals surface area contributed by atoms with Crippen molar-refractivity contribution in [3.63, 3.8) is 0 Å². The van der Waals surface area contributed by atoms with Crippen LogP contribution in [0, 0.1) is 0 Å². The van der Waals surface area contributed by atoms with Gasteiger partial charge in [-0.3, -0.25) is 9.59 Å². The van der Waals surface area contributed by atoms with Gasteiger partial charge in [0, 0.05) is 12.8 Å². The zero-order valence-electron chi connectivity index (χ0n) is 43.5. The monoisotopic (exact) mass is 914 g/mol. The van der Waals surface area contributed by atoms with Crippen LogP contribution in [0.3, 0.4) is 0 Å². The molecule has 2 atom stereocenters. The summed E-state index contributed by atoms with van der Waals surface area (Å²) in [4.78, 5) is 24.4. The number of unbranched alkanes of at least 4 members (excludes halogenated alkanes) is 36. The molecule has 1 amide bonds. The topological polar surface area (TPSA) is 95.9 Å². The van der Waals surface area contributed by atoms with Crippen LogP contribution in [0.25, 0.3) is 0 Å². The van der Waals surface area contributed by atoms with Crippen LogP contribution in [0.15, 0.2) is 36.5 Å². The molecule has 0 rings (SSSR count). The molecule has 0 saturated carbocycles. The lowest BCUT2D eigenvalue weighted by Crippen LogP contribution is -2.45. The number of aliphatic hydroxyl groups excluding tert-OH is 2. The van der Waals surface area contributed by atoms with E-state index in [9.17, 15) is 19.8 Å². The summed E-state index contributed by atoms with van der Waals surface area (Å²) < 4.78 is 5.46. The van der Waals surface area contributed by atoms with Crippen molar-refractivity contribution in [2.45, 2.75) is 315 Å². The minimum Gasteiger partial charge on any atom is -0.466 e. The number of carbonyl (C=O) groups is 2. The number of rotatable bonds is 53. The zero-order chi connectivity index (χ0) is 47.2. The van der Waals surface area contributed by atoms with E-state index in [0.29, 0.717) is 25.9 Å². The number of hydrogen-bond acceptors (Lipinski definition) is 5. The van der Waals surface area contributed by atoms with Crippen molar-refractivity contribution < 1.29 is 24.5 Å². The Morgan fingerprint density at radius 1 is 0.431 bits per heavy atom. The van der Waals surface area contributed by atoms with Crippen molar-refractivity contribution in [2.75, 3.05) is 13.2 Å². The quantitative estimate of drug-likeness (QED) is 0.0321. The van der Waals surface area contributed by atoms with E-state index in [2.05, 4.69) is 55.6 Å². The third kappa shape index (κ3) is 51.3. The lowest BCUT2D eigenvalue weighted by molar-refractivity contribution is -0.143. The van der Waals surface area contributed by atoms with Crippen LogP contribution >= 0.6 is 0 Å². The van der Waals surface area contributed by atoms with Crippen molar-refractivity contribution in [1.82, 2.24) is 5.32 Å². The van der Waals surface area contributed by atoms with Crippen molar-refractivity contribution in [3.8, 4) is 0 Å². The Labute approximate surface area is 404 Å². The van der Waals surface area contributed by atoms with Gasteiger partial charge in [0.05, 0.1) is 25.4 Å². The van der Waals surface area contributed by atoms with E-state index in [1.54, 1.807) is 0 Å². The predicted molar refractivity (Wildman–Crippen MR) is 283 cm³/mol. The first-order valence-corrected chi connectivity index (χ1v) is 28.7. The van der Waals surface area contributed by atoms with Gasteiger partial charge < -0.3 is 20.3 Å². The molecule has 0 heterocycles. The lowest BCUT2D eigenvalue weighted by atomic mass is 10.0. The summed E-state index contributed by atoms with van der Waals surface area (Å²) >= 11 is 0. The van der Waals surface area contributed by atoms with E-state index in [1.165, 1.54) is 218 Å². The van der Waals surface area contributed by atoms with Crippen LogP contribution in [0.5, 0.6) is 0 Å². The van der Waals surface area contributed by atoms with Gasteiger partial charge in [-0.25, -0.2) is 0 Å². The van der Waals surface area contributed by atoms with Gasteiger partial charge in [-0.05, 0) is 83.5 Å². The third-order valence-corrected chi connectivity index (χ3v) is 13.2. The number of hydrogen-bond donors (Lipinski definition) is 3. The number of aliphatic hydroxyl groups is 2. The lowest BCUT2D eigenvalue weighted by Gasteiger charge is -2.22. The van der Waals surface area contributed by atoms with Crippen LogP contribution < -0.4 is 5.32 Å². The summed E-state index contributed by atoms with van der Waals surface area (Å²) in [5.41, 5.74) is 0. The summed E-state index contributed by atoms with van der Waals surface area (Å²) in [6.07, 6.45) is 67.2. The molecule has 6 heteroatoms. The number of amides is 1. The fourth-order valence-electron chi connectivity index (χ4n) is 8.72. The van der Waals surface area contributed by atoms with Gasteiger partial charge in [0.15, 0.2) is 0 Å². The average Bonchev–Trinajstić information content (AvgIpc) is 3.31. The number of carbonyl (C=O) groups excluding carboxylic acids is 2. The largest absolute Gasteiger partial charge is 0.466 e. The van der Waals surface area contributed by atoms with Gasteiger partial charge in [0.2, 0.25) is 5.91 Å². The molecule has 2 unspecified atom stereocenters. The van der Waals surface area contributed by atoms with Crippen LogP contribution in [0.2, 0.25) is 0 Å². The van der Waals surface area contributed by atoms with Crippen LogP contribution in [-0.2, 0) is 14.3 Å². The van der Waals surface area contributed by atoms with E-state index in [0.717, 1.165) is 51.4 Å². The van der Waals surface area contributed by atoms with Crippen molar-refractivity contribution in [2.24, 2.45) is 0 Å². The van der Waals surface area contributed by atoms with Crippen LogP contribution in [0.4, 0.5) is 0 Å². The molecule has 3 N–H and O–H groups in total. The molecule has 382 valence electrons. The van der Waals surface area contributed by atoms with E-state index in [-0.39, 0.29) is 18.5 Å². The van der Waals surface area contributed by atoms with Crippen molar-refractivity contribution in [3.05, 3.63) is 36.5 Å². The molecule has 0 fully saturated rings. The second-order valence-electron chi connectivity index (χ2n) is 19.6. The zero-order valence-corrected chi connectivity index (χ0v) is 43.5. The SMILES string of the molecule is CCCCC/C=C\CCCCCCCC(=O)OCCCCCCCCCCC/C=C\C/C=C\CCCCCCCCCCCCCC(=O)NC(CO)C(O)CCCCCCCCCCC. The maximum Gasteiger partial charge on any atom is 0.305 e. The molecule has 0 aromatic heterocycles. The van der Waals surface area contributed by atoms with E-state index >= 15 is 0 Å². The van der Waals surface area contributed by atoms with Crippen LogP contribution in [-0.4, -0.2) is 47.4 Å². The predicted octanol–water partition coefficient (Wildman–Crippen LogP) is 17.6. The number of nitrogens with one attached hydrogen (secondary N) is 1. The summed E-state index contributed by atoms with van der Waals surface area (Å²) in [6, 6.07) is -0.542. The maximum absolute atomic E-state index is 12.4. The minimum absolute atomic E-state index is 0.0000509. The molecule has 0 aromatic rings. The summed E-state index contributed by atoms with van der Waals surface area (Å²) in [5.74, 6) is -0.0406. The first-order chi connectivity index (χ1) is 32.0. The Hall–Kier alpha value is -1.92. The second-order valence-corrected chi connectivity index (χ2v) is 19.6. The van der Waals surface area contributed by atoms with Gasteiger partial charge in [0.1, 0.15) is 0 Å². The highest BCUT2D eigenvalue weighted by molar-refractivity contribution is 5.76. The highest BCUT2D eigenvalue weighted by atomic mass is 16.5. The van der Waals surface area contributed by atoms with E-state index in [4.69, 9.17) is 4.74 Å². The molecule has 0 aliphatic rings. The molecular weight excluding hydrogens is 803 g/mol. The molecule has 6 nitrogen and oxygen atoms in total. The highest BCUT2D eigenvalue weighted by Crippen LogP contribution is 2.16. The molecule has 0 aliphatic carbocycles. The normalized spacial score (nSPS) is 12.9. The Morgan fingerprint density at radius 3 is 1.22 bits per heavy atom. The molecule has 0 radical (unpaired) electrons. The van der Waals surface area contributed by atoms with Gasteiger partial charge in [-0.2, -0.15) is 0 Å². The molecule has 65 heavy (non-hydrogen) atoms. The summed E-state index contributed by atoms with van der Waals surface area (Å²) in [5, 5.41) is 23.1. The molecular formula is C59H111NO5. The van der Waals surface area contributed by atoms with Gasteiger partial charge in [-0.1, -0.05) is 243 Å².